The van der Waals surface area contributed by atoms with E-state index < -0.39 is 10.0 Å². The summed E-state index contributed by atoms with van der Waals surface area (Å²) in [6.45, 7) is 5.14. The van der Waals surface area contributed by atoms with Gasteiger partial charge in [0.15, 0.2) is 0 Å². The number of nitrogens with zero attached hydrogens (tertiary/aromatic N) is 2. The Bertz CT molecular complexity index is 972. The van der Waals surface area contributed by atoms with Gasteiger partial charge in [-0.1, -0.05) is 24.3 Å². The molecule has 0 atom stereocenters. The number of ether oxygens (including phenoxy) is 1. The van der Waals surface area contributed by atoms with Crippen LogP contribution in [0.5, 0.6) is 5.75 Å². The molecule has 0 unspecified atom stereocenters. The fraction of sp³-hybridized carbons (Fsp3) is 0.381. The van der Waals surface area contributed by atoms with E-state index in [-0.39, 0.29) is 17.3 Å². The van der Waals surface area contributed by atoms with Crippen molar-refractivity contribution < 1.29 is 17.9 Å². The lowest BCUT2D eigenvalue weighted by Crippen LogP contribution is -2.43. The normalized spacial score (nSPS) is 14.1. The summed E-state index contributed by atoms with van der Waals surface area (Å²) in [5, 5.41) is 0. The van der Waals surface area contributed by atoms with Crippen LogP contribution >= 0.6 is 0 Å². The smallest absolute Gasteiger partial charge is 0.243 e. The van der Waals surface area contributed by atoms with Gasteiger partial charge in [0, 0.05) is 20.1 Å². The molecule has 28 heavy (non-hydrogen) atoms. The molecule has 1 aliphatic heterocycles. The number of hydrogen-bond acceptors (Lipinski definition) is 4. The van der Waals surface area contributed by atoms with Gasteiger partial charge in [0.2, 0.25) is 15.9 Å². The van der Waals surface area contributed by atoms with E-state index in [0.717, 1.165) is 21.9 Å². The highest BCUT2D eigenvalue weighted by atomic mass is 32.2. The molecular weight excluding hydrogens is 376 g/mol. The van der Waals surface area contributed by atoms with Gasteiger partial charge in [0.25, 0.3) is 0 Å². The Morgan fingerprint density at radius 2 is 1.89 bits per heavy atom. The first-order valence-corrected chi connectivity index (χ1v) is 10.8. The lowest BCUT2D eigenvalue weighted by Gasteiger charge is -2.30. The summed E-state index contributed by atoms with van der Waals surface area (Å²) in [6, 6.07) is 12.8. The van der Waals surface area contributed by atoms with Crippen molar-refractivity contribution >= 4 is 15.9 Å². The third-order valence-corrected chi connectivity index (χ3v) is 6.80. The van der Waals surface area contributed by atoms with Crippen molar-refractivity contribution in [2.45, 2.75) is 31.7 Å². The lowest BCUT2D eigenvalue weighted by molar-refractivity contribution is -0.132. The standard InChI is InChI=1S/C21H26N2O4S/c1-4-27-20-10-9-19(13-16(20)2)28(25,26)22(3)15-21(24)23-12-11-17-7-5-6-8-18(17)14-23/h5-10,13H,4,11-12,14-15H2,1-3H3. The van der Waals surface area contributed by atoms with Gasteiger partial charge in [-0.05, 0) is 55.2 Å². The van der Waals surface area contributed by atoms with Gasteiger partial charge in [-0.15, -0.1) is 0 Å². The average Bonchev–Trinajstić information content (AvgIpc) is 2.69. The number of benzene rings is 2. The second-order valence-electron chi connectivity index (χ2n) is 6.96. The minimum Gasteiger partial charge on any atom is -0.494 e. The summed E-state index contributed by atoms with van der Waals surface area (Å²) in [7, 11) is -2.32. The molecule has 0 bridgehead atoms. The van der Waals surface area contributed by atoms with E-state index in [0.29, 0.717) is 25.4 Å². The van der Waals surface area contributed by atoms with E-state index in [4.69, 9.17) is 4.74 Å². The van der Waals surface area contributed by atoms with Gasteiger partial charge in [-0.25, -0.2) is 8.42 Å². The molecule has 1 heterocycles. The molecule has 7 heteroatoms. The third kappa shape index (κ3) is 4.20. The molecule has 0 N–H and O–H groups in total. The summed E-state index contributed by atoms with van der Waals surface area (Å²) < 4.78 is 32.4. The number of fused-ring (bicyclic) bond motifs is 1. The van der Waals surface area contributed by atoms with Crippen LogP contribution in [0.1, 0.15) is 23.6 Å². The molecule has 1 amide bonds. The van der Waals surface area contributed by atoms with E-state index >= 15 is 0 Å². The first-order chi connectivity index (χ1) is 13.3. The number of sulfonamides is 1. The van der Waals surface area contributed by atoms with Gasteiger partial charge >= 0.3 is 0 Å². The maximum atomic E-state index is 12.9. The highest BCUT2D eigenvalue weighted by Crippen LogP contribution is 2.24. The number of carbonyl (C=O) groups excluding carboxylic acids is 1. The Morgan fingerprint density at radius 3 is 2.57 bits per heavy atom. The van der Waals surface area contributed by atoms with Crippen LogP contribution in [0.25, 0.3) is 0 Å². The number of likely N-dealkylation sites (N-methyl/N-ethyl adjacent to an activating group) is 1. The van der Waals surface area contributed by atoms with E-state index in [2.05, 4.69) is 6.07 Å². The molecule has 0 fully saturated rings. The molecule has 6 nitrogen and oxygen atoms in total. The van der Waals surface area contributed by atoms with Crippen molar-refractivity contribution in [3.05, 3.63) is 59.2 Å². The quantitative estimate of drug-likeness (QED) is 0.745. The summed E-state index contributed by atoms with van der Waals surface area (Å²) in [4.78, 5) is 14.6. The minimum absolute atomic E-state index is 0.160. The molecule has 2 aromatic rings. The van der Waals surface area contributed by atoms with E-state index in [1.165, 1.54) is 18.7 Å². The molecule has 0 spiro atoms. The topological polar surface area (TPSA) is 66.9 Å². The number of carbonyl (C=O) groups is 1. The number of amides is 1. The molecule has 0 saturated carbocycles. The van der Waals surface area contributed by atoms with Gasteiger partial charge in [0.05, 0.1) is 18.0 Å². The summed E-state index contributed by atoms with van der Waals surface area (Å²) in [5.74, 6) is 0.468. The van der Waals surface area contributed by atoms with Crippen molar-refractivity contribution in [2.24, 2.45) is 0 Å². The lowest BCUT2D eigenvalue weighted by atomic mass is 10.00. The van der Waals surface area contributed by atoms with E-state index in [1.54, 1.807) is 24.0 Å². The zero-order valence-corrected chi connectivity index (χ0v) is 17.3. The number of aryl methyl sites for hydroxylation is 1. The predicted octanol–water partition coefficient (Wildman–Crippen LogP) is 2.60. The molecule has 3 rings (SSSR count). The van der Waals surface area contributed by atoms with Gasteiger partial charge in [-0.3, -0.25) is 4.79 Å². The van der Waals surface area contributed by atoms with Gasteiger partial charge in [-0.2, -0.15) is 4.31 Å². The fourth-order valence-corrected chi connectivity index (χ4v) is 4.57. The maximum absolute atomic E-state index is 12.9. The first kappa shape index (κ1) is 20.4. The van der Waals surface area contributed by atoms with Crippen LogP contribution < -0.4 is 4.74 Å². The zero-order chi connectivity index (χ0) is 20.3. The van der Waals surface area contributed by atoms with Crippen LogP contribution in [0, 0.1) is 6.92 Å². The molecule has 150 valence electrons. The third-order valence-electron chi connectivity index (χ3n) is 5.00. The van der Waals surface area contributed by atoms with E-state index in [9.17, 15) is 13.2 Å². The largest absolute Gasteiger partial charge is 0.494 e. The van der Waals surface area contributed by atoms with Crippen LogP contribution in [0.15, 0.2) is 47.4 Å². The van der Waals surface area contributed by atoms with Crippen LogP contribution in [0.3, 0.4) is 0 Å². The maximum Gasteiger partial charge on any atom is 0.243 e. The van der Waals surface area contributed by atoms with Crippen LogP contribution in [-0.2, 0) is 27.8 Å². The van der Waals surface area contributed by atoms with Crippen molar-refractivity contribution in [1.29, 1.82) is 0 Å². The van der Waals surface area contributed by atoms with Crippen molar-refractivity contribution in [2.75, 3.05) is 26.7 Å². The predicted molar refractivity (Wildman–Crippen MR) is 108 cm³/mol. The SMILES string of the molecule is CCOc1ccc(S(=O)(=O)N(C)CC(=O)N2CCc3ccccc3C2)cc1C. The Hall–Kier alpha value is -2.38. The highest BCUT2D eigenvalue weighted by Gasteiger charge is 2.27. The van der Waals surface area contributed by atoms with Crippen molar-refractivity contribution in [3.8, 4) is 5.75 Å². The van der Waals surface area contributed by atoms with Crippen LogP contribution in [-0.4, -0.2) is 50.3 Å². The molecule has 1 aliphatic rings. The van der Waals surface area contributed by atoms with Gasteiger partial charge < -0.3 is 9.64 Å². The molecule has 0 aliphatic carbocycles. The first-order valence-electron chi connectivity index (χ1n) is 9.37. The Kier molecular flexibility index (Phi) is 6.05. The highest BCUT2D eigenvalue weighted by molar-refractivity contribution is 7.89. The fourth-order valence-electron chi connectivity index (χ4n) is 3.36. The summed E-state index contributed by atoms with van der Waals surface area (Å²) in [5.41, 5.74) is 3.11. The van der Waals surface area contributed by atoms with Crippen molar-refractivity contribution in [3.63, 3.8) is 0 Å². The monoisotopic (exact) mass is 402 g/mol. The Balaban J connectivity index is 1.70. The number of hydrogen-bond donors (Lipinski definition) is 0. The van der Waals surface area contributed by atoms with Crippen LogP contribution in [0.2, 0.25) is 0 Å². The Morgan fingerprint density at radius 1 is 1.18 bits per heavy atom. The summed E-state index contributed by atoms with van der Waals surface area (Å²) >= 11 is 0. The molecule has 2 aromatic carbocycles. The Labute approximate surface area is 166 Å². The van der Waals surface area contributed by atoms with E-state index in [1.807, 2.05) is 25.1 Å². The van der Waals surface area contributed by atoms with Gasteiger partial charge in [0.1, 0.15) is 5.75 Å². The molecular formula is C21H26N2O4S. The van der Waals surface area contributed by atoms with Crippen LogP contribution in [0.4, 0.5) is 0 Å². The zero-order valence-electron chi connectivity index (χ0n) is 16.5. The molecule has 0 saturated heterocycles. The van der Waals surface area contributed by atoms with Crippen molar-refractivity contribution in [1.82, 2.24) is 9.21 Å². The minimum atomic E-state index is -3.76. The second-order valence-corrected chi connectivity index (χ2v) is 9.00. The summed E-state index contributed by atoms with van der Waals surface area (Å²) in [6.07, 6.45) is 0.788. The number of rotatable bonds is 6. The molecule has 0 aromatic heterocycles. The second kappa shape index (κ2) is 8.32. The molecule has 0 radical (unpaired) electrons. The average molecular weight is 403 g/mol.